The third kappa shape index (κ3) is 4.22. The molecule has 0 radical (unpaired) electrons. The highest BCUT2D eigenvalue weighted by Gasteiger charge is 2.20. The van der Waals surface area contributed by atoms with E-state index in [1.54, 1.807) is 28.9 Å². The molecule has 0 atom stereocenters. The third-order valence-corrected chi connectivity index (χ3v) is 5.08. The Labute approximate surface area is 184 Å². The molecule has 7 heteroatoms. The van der Waals surface area contributed by atoms with E-state index in [-0.39, 0.29) is 5.82 Å². The average molecular weight is 437 g/mol. The summed E-state index contributed by atoms with van der Waals surface area (Å²) in [6.07, 6.45) is 0. The SMILES string of the molecule is Cc1cccc(-c2nc(C(=O)Nc3ccc(Cl)cc3)nn2-c2cc(Cl)ccc2C)c1. The van der Waals surface area contributed by atoms with Gasteiger partial charge in [0.2, 0.25) is 5.82 Å². The van der Waals surface area contributed by atoms with Gasteiger partial charge in [-0.05, 0) is 61.9 Å². The van der Waals surface area contributed by atoms with Crippen LogP contribution in [0.25, 0.3) is 17.1 Å². The first-order chi connectivity index (χ1) is 14.4. The second-order valence-electron chi connectivity index (χ2n) is 6.93. The number of amides is 1. The number of hydrogen-bond acceptors (Lipinski definition) is 3. The zero-order valence-corrected chi connectivity index (χ0v) is 17.9. The van der Waals surface area contributed by atoms with Gasteiger partial charge in [0.15, 0.2) is 5.82 Å². The van der Waals surface area contributed by atoms with Crippen molar-refractivity contribution in [3.8, 4) is 17.1 Å². The van der Waals surface area contributed by atoms with Crippen molar-refractivity contribution in [3.05, 3.63) is 93.7 Å². The zero-order chi connectivity index (χ0) is 21.3. The Morgan fingerprint density at radius 3 is 2.40 bits per heavy atom. The molecular weight excluding hydrogens is 419 g/mol. The highest BCUT2D eigenvalue weighted by Crippen LogP contribution is 2.26. The first-order valence-corrected chi connectivity index (χ1v) is 10.0. The standard InChI is InChI=1S/C23H18Cl2N4O/c1-14-4-3-5-16(12-14)22-27-21(23(30)26-19-10-8-17(24)9-11-19)28-29(22)20-13-18(25)7-6-15(20)2/h3-13H,1-2H3,(H,26,30). The van der Waals surface area contributed by atoms with Gasteiger partial charge < -0.3 is 5.32 Å². The van der Waals surface area contributed by atoms with Crippen molar-refractivity contribution in [2.75, 3.05) is 5.32 Å². The maximum absolute atomic E-state index is 12.8. The minimum Gasteiger partial charge on any atom is -0.319 e. The topological polar surface area (TPSA) is 59.8 Å². The van der Waals surface area contributed by atoms with Gasteiger partial charge in [-0.15, -0.1) is 5.10 Å². The Morgan fingerprint density at radius 2 is 1.67 bits per heavy atom. The Kier molecular flexibility index (Phi) is 5.57. The van der Waals surface area contributed by atoms with Crippen molar-refractivity contribution in [1.29, 1.82) is 0 Å². The average Bonchev–Trinajstić information content (AvgIpc) is 3.17. The van der Waals surface area contributed by atoms with Crippen LogP contribution < -0.4 is 5.32 Å². The van der Waals surface area contributed by atoms with E-state index < -0.39 is 5.91 Å². The summed E-state index contributed by atoms with van der Waals surface area (Å²) >= 11 is 12.1. The minimum absolute atomic E-state index is 0.0563. The lowest BCUT2D eigenvalue weighted by Gasteiger charge is -2.10. The number of carbonyl (C=O) groups excluding carboxylic acids is 1. The van der Waals surface area contributed by atoms with Crippen LogP contribution in [-0.4, -0.2) is 20.7 Å². The Morgan fingerprint density at radius 1 is 0.933 bits per heavy atom. The number of halogens is 2. The largest absolute Gasteiger partial charge is 0.319 e. The van der Waals surface area contributed by atoms with E-state index in [1.165, 1.54) is 0 Å². The first kappa shape index (κ1) is 20.1. The summed E-state index contributed by atoms with van der Waals surface area (Å²) in [6.45, 7) is 3.96. The van der Waals surface area contributed by atoms with Crippen LogP contribution in [0.5, 0.6) is 0 Å². The summed E-state index contributed by atoms with van der Waals surface area (Å²) in [5.74, 6) is 0.204. The first-order valence-electron chi connectivity index (χ1n) is 9.28. The van der Waals surface area contributed by atoms with Crippen LogP contribution in [0.4, 0.5) is 5.69 Å². The fraction of sp³-hybridized carbons (Fsp3) is 0.0870. The summed E-state index contributed by atoms with van der Waals surface area (Å²) < 4.78 is 1.66. The molecule has 0 aliphatic carbocycles. The molecule has 4 rings (SSSR count). The molecule has 150 valence electrons. The predicted octanol–water partition coefficient (Wildman–Crippen LogP) is 6.11. The molecule has 0 fully saturated rings. The van der Waals surface area contributed by atoms with Gasteiger partial charge in [-0.3, -0.25) is 4.79 Å². The smallest absolute Gasteiger partial charge is 0.295 e. The molecule has 30 heavy (non-hydrogen) atoms. The third-order valence-electron chi connectivity index (χ3n) is 4.59. The second-order valence-corrected chi connectivity index (χ2v) is 7.80. The van der Waals surface area contributed by atoms with Crippen LogP contribution in [-0.2, 0) is 0 Å². The van der Waals surface area contributed by atoms with Crippen molar-refractivity contribution >= 4 is 34.8 Å². The number of rotatable bonds is 4. The number of aromatic nitrogens is 3. The van der Waals surface area contributed by atoms with Gasteiger partial charge in [0, 0.05) is 21.3 Å². The lowest BCUT2D eigenvalue weighted by molar-refractivity contribution is 0.101. The molecule has 4 aromatic rings. The van der Waals surface area contributed by atoms with Crippen LogP contribution in [0, 0.1) is 13.8 Å². The van der Waals surface area contributed by atoms with Gasteiger partial charge in [-0.25, -0.2) is 9.67 Å². The lowest BCUT2D eigenvalue weighted by Crippen LogP contribution is -2.14. The van der Waals surface area contributed by atoms with Crippen molar-refractivity contribution < 1.29 is 4.79 Å². The molecule has 1 aromatic heterocycles. The van der Waals surface area contributed by atoms with Gasteiger partial charge in [-0.1, -0.05) is 53.0 Å². The minimum atomic E-state index is -0.412. The summed E-state index contributed by atoms with van der Waals surface area (Å²) in [7, 11) is 0. The molecule has 0 spiro atoms. The van der Waals surface area contributed by atoms with Crippen molar-refractivity contribution in [2.24, 2.45) is 0 Å². The molecule has 1 amide bonds. The fourth-order valence-corrected chi connectivity index (χ4v) is 3.37. The normalized spacial score (nSPS) is 10.8. The number of nitrogens with one attached hydrogen (secondary N) is 1. The molecular formula is C23H18Cl2N4O. The van der Waals surface area contributed by atoms with E-state index in [2.05, 4.69) is 15.4 Å². The maximum Gasteiger partial charge on any atom is 0.295 e. The summed E-state index contributed by atoms with van der Waals surface area (Å²) in [5, 5.41) is 8.48. The van der Waals surface area contributed by atoms with Crippen LogP contribution in [0.1, 0.15) is 21.7 Å². The molecule has 0 aliphatic rings. The van der Waals surface area contributed by atoms with E-state index in [9.17, 15) is 4.79 Å². The molecule has 0 bridgehead atoms. The fourth-order valence-electron chi connectivity index (χ4n) is 3.08. The highest BCUT2D eigenvalue weighted by atomic mass is 35.5. The highest BCUT2D eigenvalue weighted by molar-refractivity contribution is 6.31. The van der Waals surface area contributed by atoms with E-state index >= 15 is 0 Å². The molecule has 0 saturated carbocycles. The van der Waals surface area contributed by atoms with Crippen molar-refractivity contribution in [2.45, 2.75) is 13.8 Å². The molecule has 5 nitrogen and oxygen atoms in total. The van der Waals surface area contributed by atoms with E-state index in [0.717, 1.165) is 22.4 Å². The van der Waals surface area contributed by atoms with E-state index in [4.69, 9.17) is 23.2 Å². The lowest BCUT2D eigenvalue weighted by atomic mass is 10.1. The maximum atomic E-state index is 12.8. The number of hydrogen-bond donors (Lipinski definition) is 1. The monoisotopic (exact) mass is 436 g/mol. The number of nitrogens with zero attached hydrogens (tertiary/aromatic N) is 3. The number of anilines is 1. The second kappa shape index (κ2) is 8.30. The summed E-state index contributed by atoms with van der Waals surface area (Å²) in [6, 6.07) is 20.3. The van der Waals surface area contributed by atoms with Crippen molar-refractivity contribution in [1.82, 2.24) is 14.8 Å². The molecule has 0 unspecified atom stereocenters. The summed E-state index contributed by atoms with van der Waals surface area (Å²) in [5.41, 5.74) is 4.26. The molecule has 3 aromatic carbocycles. The van der Waals surface area contributed by atoms with Crippen LogP contribution in [0.15, 0.2) is 66.7 Å². The van der Waals surface area contributed by atoms with Gasteiger partial charge >= 0.3 is 0 Å². The van der Waals surface area contributed by atoms with Gasteiger partial charge in [-0.2, -0.15) is 0 Å². The zero-order valence-electron chi connectivity index (χ0n) is 16.4. The van der Waals surface area contributed by atoms with E-state index in [1.807, 2.05) is 56.3 Å². The number of carbonyl (C=O) groups is 1. The van der Waals surface area contributed by atoms with Gasteiger partial charge in [0.1, 0.15) is 0 Å². The number of aryl methyl sites for hydroxylation is 2. The van der Waals surface area contributed by atoms with Gasteiger partial charge in [0.05, 0.1) is 5.69 Å². The summed E-state index contributed by atoms with van der Waals surface area (Å²) in [4.78, 5) is 17.4. The number of benzene rings is 3. The Hall–Kier alpha value is -3.15. The van der Waals surface area contributed by atoms with E-state index in [0.29, 0.717) is 21.6 Å². The Balaban J connectivity index is 1.80. The van der Waals surface area contributed by atoms with Crippen LogP contribution in [0.3, 0.4) is 0 Å². The molecule has 1 heterocycles. The van der Waals surface area contributed by atoms with Crippen LogP contribution >= 0.6 is 23.2 Å². The van der Waals surface area contributed by atoms with Crippen LogP contribution in [0.2, 0.25) is 10.0 Å². The van der Waals surface area contributed by atoms with Gasteiger partial charge in [0.25, 0.3) is 5.91 Å². The molecule has 1 N–H and O–H groups in total. The molecule has 0 saturated heterocycles. The van der Waals surface area contributed by atoms with Crippen molar-refractivity contribution in [3.63, 3.8) is 0 Å². The predicted molar refractivity (Wildman–Crippen MR) is 121 cm³/mol. The molecule has 0 aliphatic heterocycles. The Bertz CT molecular complexity index is 1230. The quantitative estimate of drug-likeness (QED) is 0.419.